The number of anilines is 2. The number of nitro groups is 1. The highest BCUT2D eigenvalue weighted by molar-refractivity contribution is 8.00. The third-order valence-corrected chi connectivity index (χ3v) is 13.0. The van der Waals surface area contributed by atoms with Gasteiger partial charge in [-0.3, -0.25) is 34.2 Å². The minimum atomic E-state index is -0.567. The fourth-order valence-corrected chi connectivity index (χ4v) is 11.3. The summed E-state index contributed by atoms with van der Waals surface area (Å²) >= 11 is 9.24. The van der Waals surface area contributed by atoms with Crippen LogP contribution in [0.1, 0.15) is 28.3 Å². The zero-order chi connectivity index (χ0) is 33.4. The summed E-state index contributed by atoms with van der Waals surface area (Å²) in [4.78, 5) is 69.1. The summed E-state index contributed by atoms with van der Waals surface area (Å²) in [7, 11) is 0. The Labute approximate surface area is 286 Å². The van der Waals surface area contributed by atoms with Gasteiger partial charge in [-0.2, -0.15) is 0 Å². The molecule has 2 N–H and O–H groups in total. The van der Waals surface area contributed by atoms with E-state index in [0.717, 1.165) is 26.8 Å². The monoisotopic (exact) mass is 702 g/mol. The second-order valence-corrected chi connectivity index (χ2v) is 15.2. The lowest BCUT2D eigenvalue weighted by molar-refractivity contribution is -0.384. The van der Waals surface area contributed by atoms with Gasteiger partial charge in [0.1, 0.15) is 5.75 Å². The van der Waals surface area contributed by atoms with E-state index in [9.17, 15) is 29.3 Å². The largest absolute Gasteiger partial charge is 0.483 e. The van der Waals surface area contributed by atoms with Crippen molar-refractivity contribution < 1.29 is 24.0 Å². The highest BCUT2D eigenvalue weighted by atomic mass is 35.5. The van der Waals surface area contributed by atoms with Crippen LogP contribution in [0.25, 0.3) is 0 Å². The van der Waals surface area contributed by atoms with E-state index in [2.05, 4.69) is 10.3 Å². The molecule has 1 aromatic heterocycles. The number of benzene rings is 3. The maximum atomic E-state index is 14.1. The SMILES string of the molecule is Cc1ccccc1NC(=O)COc1ccc(Cl)cc1[C@H]1c2sc(=O)[nH]c2SC2C3CC(C4C(=O)N(c5ccc([N+](=O)[O-])cc5)C(=O)C34)C21. The minimum Gasteiger partial charge on any atom is -0.483 e. The Morgan fingerprint density at radius 1 is 1.06 bits per heavy atom. The van der Waals surface area contributed by atoms with Crippen LogP contribution in [0.3, 0.4) is 0 Å². The number of aromatic nitrogens is 1. The zero-order valence-electron chi connectivity index (χ0n) is 25.3. The predicted molar refractivity (Wildman–Crippen MR) is 181 cm³/mol. The number of hydrogen-bond acceptors (Lipinski definition) is 9. The van der Waals surface area contributed by atoms with Gasteiger partial charge in [-0.05, 0) is 73.1 Å². The van der Waals surface area contributed by atoms with Gasteiger partial charge in [0, 0.05) is 44.5 Å². The molecule has 14 heteroatoms. The molecule has 3 amide bonds. The molecule has 2 aliphatic heterocycles. The molecule has 4 aromatic rings. The fraction of sp³-hybridized carbons (Fsp3) is 0.294. The average molecular weight is 703 g/mol. The summed E-state index contributed by atoms with van der Waals surface area (Å²) in [5.41, 5.74) is 2.50. The van der Waals surface area contributed by atoms with Crippen molar-refractivity contribution in [1.29, 1.82) is 0 Å². The number of carbonyl (C=O) groups excluding carboxylic acids is 3. The number of imide groups is 1. The van der Waals surface area contributed by atoms with E-state index in [4.69, 9.17) is 16.3 Å². The molecule has 1 saturated heterocycles. The number of H-pyrrole nitrogens is 1. The van der Waals surface area contributed by atoms with Gasteiger partial charge >= 0.3 is 4.87 Å². The van der Waals surface area contributed by atoms with Gasteiger partial charge in [0.2, 0.25) is 11.8 Å². The molecule has 2 aliphatic carbocycles. The molecule has 0 radical (unpaired) electrons. The number of fused-ring (bicyclic) bond motifs is 9. The van der Waals surface area contributed by atoms with Gasteiger partial charge in [-0.15, -0.1) is 11.8 Å². The number of para-hydroxylation sites is 1. The first kappa shape index (κ1) is 30.8. The number of nitro benzene ring substituents is 1. The highest BCUT2D eigenvalue weighted by Crippen LogP contribution is 2.69. The van der Waals surface area contributed by atoms with Crippen molar-refractivity contribution in [1.82, 2.24) is 4.98 Å². The normalized spacial score (nSPS) is 26.6. The maximum Gasteiger partial charge on any atom is 0.305 e. The summed E-state index contributed by atoms with van der Waals surface area (Å²) in [5.74, 6) is -2.40. The van der Waals surface area contributed by atoms with E-state index < -0.39 is 16.8 Å². The van der Waals surface area contributed by atoms with Crippen LogP contribution < -0.4 is 19.8 Å². The van der Waals surface area contributed by atoms with E-state index in [1.165, 1.54) is 29.2 Å². The smallest absolute Gasteiger partial charge is 0.305 e. The summed E-state index contributed by atoms with van der Waals surface area (Å²) in [6.45, 7) is 1.64. The van der Waals surface area contributed by atoms with Crippen LogP contribution in [0, 0.1) is 46.6 Å². The number of rotatable bonds is 7. The summed E-state index contributed by atoms with van der Waals surface area (Å²) in [6.07, 6.45) is 0.675. The third kappa shape index (κ3) is 4.86. The molecule has 3 fully saturated rings. The van der Waals surface area contributed by atoms with Gasteiger partial charge in [-0.1, -0.05) is 41.1 Å². The quantitative estimate of drug-likeness (QED) is 0.135. The van der Waals surface area contributed by atoms with Crippen LogP contribution in [0.2, 0.25) is 5.02 Å². The second-order valence-electron chi connectivity index (χ2n) is 12.6. The number of hydrogen-bond donors (Lipinski definition) is 2. The number of aromatic amines is 1. The number of thiazole rings is 1. The number of aryl methyl sites for hydroxylation is 1. The van der Waals surface area contributed by atoms with Crippen molar-refractivity contribution in [3.05, 3.63) is 108 Å². The molecule has 2 saturated carbocycles. The van der Waals surface area contributed by atoms with E-state index >= 15 is 0 Å². The molecule has 4 aliphatic rings. The first-order valence-corrected chi connectivity index (χ1v) is 17.5. The number of carbonyl (C=O) groups is 3. The minimum absolute atomic E-state index is 0.0799. The van der Waals surface area contributed by atoms with Crippen molar-refractivity contribution in [2.75, 3.05) is 16.8 Å². The predicted octanol–water partition coefficient (Wildman–Crippen LogP) is 6.00. The topological polar surface area (TPSA) is 152 Å². The number of nitrogens with zero attached hydrogens (tertiary/aromatic N) is 2. The molecule has 3 heterocycles. The Bertz CT molecular complexity index is 2080. The molecule has 7 atom stereocenters. The molecular weight excluding hydrogens is 676 g/mol. The van der Waals surface area contributed by atoms with Gasteiger partial charge in [-0.25, -0.2) is 0 Å². The number of amides is 3. The number of ether oxygens (including phenoxy) is 1. The van der Waals surface area contributed by atoms with Gasteiger partial charge in [0.15, 0.2) is 6.61 Å². The average Bonchev–Trinajstić information content (AvgIpc) is 3.80. The standard InChI is InChI=1S/C34H27ClN4O7S2/c1-15-4-2-3-5-22(15)36-24(40)14-46-23-11-6-16(35)12-19(23)25-26-20-13-21(29(26)47-31-30(25)48-34(43)37-31)28-27(20)32(41)38(33(28)42)17-7-9-18(10-8-17)39(44)45/h2-12,20-21,25-29H,13-14H2,1H3,(H,36,40)(H,37,43)/t20?,21?,25-,26?,27?,28?,29?/m1/s1. The number of nitrogens with one attached hydrogen (secondary N) is 2. The van der Waals surface area contributed by atoms with Crippen LogP contribution >= 0.6 is 34.7 Å². The van der Waals surface area contributed by atoms with Crippen LogP contribution in [0.5, 0.6) is 5.75 Å². The van der Waals surface area contributed by atoms with Gasteiger partial charge in [0.25, 0.3) is 11.6 Å². The summed E-state index contributed by atoms with van der Waals surface area (Å²) in [5, 5.41) is 15.2. The van der Waals surface area contributed by atoms with E-state index in [-0.39, 0.29) is 63.8 Å². The van der Waals surface area contributed by atoms with Crippen LogP contribution in [0.15, 0.2) is 76.6 Å². The molecule has 0 spiro atoms. The Morgan fingerprint density at radius 2 is 1.79 bits per heavy atom. The lowest BCUT2D eigenvalue weighted by Crippen LogP contribution is -2.42. The van der Waals surface area contributed by atoms with Gasteiger partial charge in [0.05, 0.1) is 27.5 Å². The van der Waals surface area contributed by atoms with Crippen LogP contribution in [-0.4, -0.2) is 39.5 Å². The van der Waals surface area contributed by atoms with E-state index in [1.807, 2.05) is 31.2 Å². The van der Waals surface area contributed by atoms with Crippen molar-refractivity contribution >= 4 is 69.5 Å². The molecule has 6 unspecified atom stereocenters. The molecular formula is C34H27ClN4O7S2. The molecule has 8 rings (SSSR count). The Balaban J connectivity index is 1.13. The second kappa shape index (κ2) is 11.6. The number of halogens is 1. The first-order chi connectivity index (χ1) is 23.1. The van der Waals surface area contributed by atoms with Crippen LogP contribution in [-0.2, 0) is 14.4 Å². The van der Waals surface area contributed by atoms with Crippen molar-refractivity contribution in [3.63, 3.8) is 0 Å². The highest BCUT2D eigenvalue weighted by Gasteiger charge is 2.70. The molecule has 3 aromatic carbocycles. The molecule has 244 valence electrons. The van der Waals surface area contributed by atoms with E-state index in [1.54, 1.807) is 30.0 Å². The van der Waals surface area contributed by atoms with Crippen molar-refractivity contribution in [2.45, 2.75) is 29.5 Å². The summed E-state index contributed by atoms with van der Waals surface area (Å²) in [6, 6.07) is 18.1. The Hall–Kier alpha value is -4.46. The van der Waals surface area contributed by atoms with Gasteiger partial charge < -0.3 is 15.0 Å². The van der Waals surface area contributed by atoms with Crippen LogP contribution in [0.4, 0.5) is 17.1 Å². The zero-order valence-corrected chi connectivity index (χ0v) is 27.6. The van der Waals surface area contributed by atoms with E-state index in [0.29, 0.717) is 34.1 Å². The number of thioether (sulfide) groups is 1. The van der Waals surface area contributed by atoms with Crippen molar-refractivity contribution in [2.24, 2.45) is 29.6 Å². The molecule has 2 bridgehead atoms. The molecule has 48 heavy (non-hydrogen) atoms. The Morgan fingerprint density at radius 3 is 2.52 bits per heavy atom. The summed E-state index contributed by atoms with van der Waals surface area (Å²) < 4.78 is 6.16. The fourth-order valence-electron chi connectivity index (χ4n) is 8.28. The number of non-ortho nitro benzene ring substituents is 1. The van der Waals surface area contributed by atoms with Crippen molar-refractivity contribution in [3.8, 4) is 5.75 Å². The first-order valence-electron chi connectivity index (χ1n) is 15.4. The lowest BCUT2D eigenvalue weighted by atomic mass is 9.68. The molecule has 11 nitrogen and oxygen atoms in total. The lowest BCUT2D eigenvalue weighted by Gasteiger charge is -2.43. The Kier molecular flexibility index (Phi) is 7.46. The maximum absolute atomic E-state index is 14.1. The third-order valence-electron chi connectivity index (χ3n) is 10.1.